The first-order valence-corrected chi connectivity index (χ1v) is 10.1. The van der Waals surface area contributed by atoms with Crippen molar-refractivity contribution in [1.29, 1.82) is 0 Å². The maximum Gasteiger partial charge on any atom is 0.433 e. The van der Waals surface area contributed by atoms with Gasteiger partial charge in [-0.25, -0.2) is 9.97 Å². The molecule has 0 saturated carbocycles. The van der Waals surface area contributed by atoms with Crippen LogP contribution in [0.4, 0.5) is 24.7 Å². The molecule has 0 atom stereocenters. The van der Waals surface area contributed by atoms with Gasteiger partial charge in [0.15, 0.2) is 11.2 Å². The SMILES string of the molecule is COc1n[nH]c2nc(N3CCC4(CC3)CC(=O)N(c3ccnc(C(F)(F)F)c3)C4)cnc12. The second kappa shape index (κ2) is 7.31. The fourth-order valence-corrected chi connectivity index (χ4v) is 4.48. The van der Waals surface area contributed by atoms with Crippen LogP contribution in [0.2, 0.25) is 0 Å². The third-order valence-corrected chi connectivity index (χ3v) is 6.23. The number of ether oxygens (including phenoxy) is 1. The number of H-pyrrole nitrogens is 1. The molecule has 3 aromatic heterocycles. The van der Waals surface area contributed by atoms with E-state index in [1.165, 1.54) is 18.1 Å². The second-order valence-corrected chi connectivity index (χ2v) is 8.20. The maximum absolute atomic E-state index is 13.0. The number of pyridine rings is 1. The first-order chi connectivity index (χ1) is 15.3. The number of carbonyl (C=O) groups excluding carboxylic acids is 1. The van der Waals surface area contributed by atoms with Gasteiger partial charge in [0, 0.05) is 43.4 Å². The van der Waals surface area contributed by atoms with Gasteiger partial charge in [-0.05, 0) is 25.0 Å². The van der Waals surface area contributed by atoms with E-state index in [-0.39, 0.29) is 17.0 Å². The Labute approximate surface area is 180 Å². The fraction of sp³-hybridized carbons (Fsp3) is 0.450. The normalized spacial score (nSPS) is 18.7. The van der Waals surface area contributed by atoms with Crippen molar-refractivity contribution in [3.05, 3.63) is 30.2 Å². The molecule has 1 N–H and O–H groups in total. The monoisotopic (exact) mass is 447 g/mol. The van der Waals surface area contributed by atoms with Crippen LogP contribution in [0.15, 0.2) is 24.5 Å². The molecule has 0 aliphatic carbocycles. The van der Waals surface area contributed by atoms with E-state index in [9.17, 15) is 18.0 Å². The topological polar surface area (TPSA) is 100 Å². The Hall–Kier alpha value is -3.44. The van der Waals surface area contributed by atoms with E-state index in [1.807, 2.05) is 0 Å². The highest BCUT2D eigenvalue weighted by Gasteiger charge is 2.46. The molecule has 1 spiro atoms. The highest BCUT2D eigenvalue weighted by molar-refractivity contribution is 5.96. The lowest BCUT2D eigenvalue weighted by atomic mass is 9.77. The molecule has 12 heteroatoms. The number of hydrogen-bond acceptors (Lipinski definition) is 7. The minimum Gasteiger partial charge on any atom is -0.478 e. The highest BCUT2D eigenvalue weighted by Crippen LogP contribution is 2.43. The molecule has 2 fully saturated rings. The minimum atomic E-state index is -4.55. The van der Waals surface area contributed by atoms with Gasteiger partial charge in [0.05, 0.1) is 13.3 Å². The quantitative estimate of drug-likeness (QED) is 0.659. The predicted molar refractivity (Wildman–Crippen MR) is 108 cm³/mol. The number of alkyl halides is 3. The fourth-order valence-electron chi connectivity index (χ4n) is 4.48. The Bertz CT molecular complexity index is 1170. The van der Waals surface area contributed by atoms with Crippen molar-refractivity contribution >= 4 is 28.6 Å². The van der Waals surface area contributed by atoms with Gasteiger partial charge in [-0.15, -0.1) is 5.10 Å². The Kier molecular flexibility index (Phi) is 4.68. The van der Waals surface area contributed by atoms with Crippen LogP contribution >= 0.6 is 0 Å². The van der Waals surface area contributed by atoms with Crippen LogP contribution in [0.1, 0.15) is 25.0 Å². The number of amides is 1. The summed E-state index contributed by atoms with van der Waals surface area (Å²) in [5.41, 5.74) is 0.0470. The Balaban J connectivity index is 1.30. The third-order valence-electron chi connectivity index (χ3n) is 6.23. The smallest absolute Gasteiger partial charge is 0.433 e. The Morgan fingerprint density at radius 2 is 2.00 bits per heavy atom. The van der Waals surface area contributed by atoms with Crippen molar-refractivity contribution in [3.8, 4) is 5.88 Å². The number of hydrogen-bond donors (Lipinski definition) is 1. The van der Waals surface area contributed by atoms with E-state index in [2.05, 4.69) is 30.0 Å². The summed E-state index contributed by atoms with van der Waals surface area (Å²) < 4.78 is 44.2. The summed E-state index contributed by atoms with van der Waals surface area (Å²) in [6.07, 6.45) is -0.0368. The van der Waals surface area contributed by atoms with Gasteiger partial charge < -0.3 is 14.5 Å². The van der Waals surface area contributed by atoms with E-state index >= 15 is 0 Å². The van der Waals surface area contributed by atoms with Crippen LogP contribution in [0.3, 0.4) is 0 Å². The van der Waals surface area contributed by atoms with Crippen LogP contribution in [0, 0.1) is 5.41 Å². The number of rotatable bonds is 3. The number of carbonyl (C=O) groups is 1. The lowest BCUT2D eigenvalue weighted by Crippen LogP contribution is -2.42. The summed E-state index contributed by atoms with van der Waals surface area (Å²) in [5, 5.41) is 6.82. The van der Waals surface area contributed by atoms with Crippen molar-refractivity contribution in [2.45, 2.75) is 25.4 Å². The number of nitrogens with one attached hydrogen (secondary N) is 1. The molecule has 5 heterocycles. The molecule has 2 saturated heterocycles. The summed E-state index contributed by atoms with van der Waals surface area (Å²) in [4.78, 5) is 28.6. The Morgan fingerprint density at radius 3 is 2.72 bits per heavy atom. The van der Waals surface area contributed by atoms with Gasteiger partial charge >= 0.3 is 6.18 Å². The predicted octanol–water partition coefficient (Wildman–Crippen LogP) is 2.80. The maximum atomic E-state index is 13.0. The van der Waals surface area contributed by atoms with E-state index in [0.717, 1.165) is 25.1 Å². The molecule has 5 rings (SSSR count). The number of aromatic nitrogens is 5. The van der Waals surface area contributed by atoms with Crippen LogP contribution in [0.25, 0.3) is 11.2 Å². The lowest BCUT2D eigenvalue weighted by molar-refractivity contribution is -0.141. The van der Waals surface area contributed by atoms with Crippen LogP contribution in [0.5, 0.6) is 5.88 Å². The average molecular weight is 447 g/mol. The van der Waals surface area contributed by atoms with Gasteiger partial charge in [0.2, 0.25) is 5.91 Å². The molecule has 9 nitrogen and oxygen atoms in total. The van der Waals surface area contributed by atoms with E-state index < -0.39 is 11.9 Å². The van der Waals surface area contributed by atoms with Crippen LogP contribution < -0.4 is 14.5 Å². The molecule has 0 unspecified atom stereocenters. The van der Waals surface area contributed by atoms with Gasteiger partial charge in [-0.2, -0.15) is 13.2 Å². The molecule has 0 bridgehead atoms. The average Bonchev–Trinajstić information content (AvgIpc) is 3.34. The molecule has 168 valence electrons. The standard InChI is InChI=1S/C20H20F3N7O2/c1-32-18-16-17(27-28-18)26-14(10-25-16)29-6-3-19(4-7-29)9-15(31)30(11-19)12-2-5-24-13(8-12)20(21,22)23/h2,5,8,10H,3-4,6-7,9,11H2,1H3,(H,26,27,28). The van der Waals surface area contributed by atoms with Gasteiger partial charge in [-0.1, -0.05) is 0 Å². The zero-order valence-corrected chi connectivity index (χ0v) is 17.2. The summed E-state index contributed by atoms with van der Waals surface area (Å²) in [7, 11) is 1.51. The first kappa shape index (κ1) is 20.5. The number of halogens is 3. The number of fused-ring (bicyclic) bond motifs is 1. The van der Waals surface area contributed by atoms with E-state index in [1.54, 1.807) is 6.20 Å². The molecule has 1 amide bonds. The Morgan fingerprint density at radius 1 is 1.22 bits per heavy atom. The van der Waals surface area contributed by atoms with Gasteiger partial charge in [0.1, 0.15) is 11.5 Å². The zero-order chi connectivity index (χ0) is 22.5. The number of anilines is 2. The van der Waals surface area contributed by atoms with Gasteiger partial charge in [0.25, 0.3) is 5.88 Å². The first-order valence-electron chi connectivity index (χ1n) is 10.1. The van der Waals surface area contributed by atoms with E-state index in [0.29, 0.717) is 48.9 Å². The molecular formula is C20H20F3N7O2. The van der Waals surface area contributed by atoms with Crippen molar-refractivity contribution < 1.29 is 22.7 Å². The van der Waals surface area contributed by atoms with Crippen LogP contribution in [-0.4, -0.2) is 57.8 Å². The lowest BCUT2D eigenvalue weighted by Gasteiger charge is -2.39. The third kappa shape index (κ3) is 3.49. The molecule has 2 aliphatic heterocycles. The van der Waals surface area contributed by atoms with Crippen molar-refractivity contribution in [2.75, 3.05) is 36.5 Å². The second-order valence-electron chi connectivity index (χ2n) is 8.20. The molecule has 3 aromatic rings. The molecular weight excluding hydrogens is 427 g/mol. The molecule has 0 aromatic carbocycles. The largest absolute Gasteiger partial charge is 0.478 e. The molecule has 0 radical (unpaired) electrons. The molecule has 32 heavy (non-hydrogen) atoms. The van der Waals surface area contributed by atoms with E-state index in [4.69, 9.17) is 4.74 Å². The molecule has 2 aliphatic rings. The highest BCUT2D eigenvalue weighted by atomic mass is 19.4. The number of nitrogens with zero attached hydrogens (tertiary/aromatic N) is 6. The van der Waals surface area contributed by atoms with Crippen molar-refractivity contribution in [2.24, 2.45) is 5.41 Å². The van der Waals surface area contributed by atoms with Gasteiger partial charge in [-0.3, -0.25) is 14.9 Å². The summed E-state index contributed by atoms with van der Waals surface area (Å²) in [6.45, 7) is 1.72. The van der Waals surface area contributed by atoms with Crippen molar-refractivity contribution in [3.63, 3.8) is 0 Å². The number of aromatic amines is 1. The summed E-state index contributed by atoms with van der Waals surface area (Å²) >= 11 is 0. The summed E-state index contributed by atoms with van der Waals surface area (Å²) in [6, 6.07) is 2.39. The minimum absolute atomic E-state index is 0.163. The van der Waals surface area contributed by atoms with Crippen LogP contribution in [-0.2, 0) is 11.0 Å². The van der Waals surface area contributed by atoms with Crippen molar-refractivity contribution in [1.82, 2.24) is 25.1 Å². The zero-order valence-electron chi connectivity index (χ0n) is 17.2. The number of piperidine rings is 1. The number of methoxy groups -OCH3 is 1. The summed E-state index contributed by atoms with van der Waals surface area (Å²) in [5.74, 6) is 0.915.